The van der Waals surface area contributed by atoms with E-state index in [-0.39, 0.29) is 11.8 Å². The van der Waals surface area contributed by atoms with Crippen molar-refractivity contribution in [3.05, 3.63) is 35.4 Å². The van der Waals surface area contributed by atoms with E-state index in [0.29, 0.717) is 12.5 Å². The van der Waals surface area contributed by atoms with E-state index in [2.05, 4.69) is 60.6 Å². The zero-order valence-corrected chi connectivity index (χ0v) is 14.1. The number of rotatable bonds is 7. The zero-order chi connectivity index (χ0) is 15.9. The molecule has 2 rings (SSSR count). The molecule has 0 aliphatic carbocycles. The van der Waals surface area contributed by atoms with E-state index >= 15 is 0 Å². The lowest BCUT2D eigenvalue weighted by Crippen LogP contribution is -2.33. The SMILES string of the molecule is CCN(CC)Cc1ccc(CNC(=O)[C@@H]2CNC[C@H]2C)cc1. The molecule has 1 fully saturated rings. The molecule has 1 aliphatic heterocycles. The van der Waals surface area contributed by atoms with Gasteiger partial charge in [0.05, 0.1) is 5.92 Å². The Morgan fingerprint density at radius 1 is 1.18 bits per heavy atom. The average molecular weight is 303 g/mol. The van der Waals surface area contributed by atoms with Crippen molar-refractivity contribution in [2.75, 3.05) is 26.2 Å². The van der Waals surface area contributed by atoms with Crippen LogP contribution < -0.4 is 10.6 Å². The molecule has 0 radical (unpaired) electrons. The molecule has 1 aromatic carbocycles. The first-order valence-electron chi connectivity index (χ1n) is 8.42. The Morgan fingerprint density at radius 2 is 1.82 bits per heavy atom. The molecule has 0 bridgehead atoms. The first-order chi connectivity index (χ1) is 10.6. The van der Waals surface area contributed by atoms with Crippen molar-refractivity contribution in [1.82, 2.24) is 15.5 Å². The highest BCUT2D eigenvalue weighted by atomic mass is 16.1. The van der Waals surface area contributed by atoms with Gasteiger partial charge in [0.1, 0.15) is 0 Å². The van der Waals surface area contributed by atoms with Crippen molar-refractivity contribution in [1.29, 1.82) is 0 Å². The third kappa shape index (κ3) is 4.55. The first kappa shape index (κ1) is 17.0. The molecule has 2 atom stereocenters. The van der Waals surface area contributed by atoms with Gasteiger partial charge in [0.15, 0.2) is 0 Å². The van der Waals surface area contributed by atoms with Crippen LogP contribution in [0.5, 0.6) is 0 Å². The smallest absolute Gasteiger partial charge is 0.224 e. The second-order valence-corrected chi connectivity index (χ2v) is 6.24. The molecule has 0 unspecified atom stereocenters. The van der Waals surface area contributed by atoms with Crippen LogP contribution >= 0.6 is 0 Å². The second-order valence-electron chi connectivity index (χ2n) is 6.24. The van der Waals surface area contributed by atoms with E-state index in [4.69, 9.17) is 0 Å². The van der Waals surface area contributed by atoms with E-state index in [0.717, 1.165) is 38.3 Å². The molecule has 0 saturated carbocycles. The van der Waals surface area contributed by atoms with Crippen LogP contribution in [0.4, 0.5) is 0 Å². The summed E-state index contributed by atoms with van der Waals surface area (Å²) in [5.74, 6) is 0.711. The molecule has 0 spiro atoms. The minimum atomic E-state index is 0.113. The van der Waals surface area contributed by atoms with E-state index in [1.54, 1.807) is 0 Å². The number of nitrogens with zero attached hydrogens (tertiary/aromatic N) is 1. The van der Waals surface area contributed by atoms with Crippen molar-refractivity contribution in [2.24, 2.45) is 11.8 Å². The van der Waals surface area contributed by atoms with Gasteiger partial charge >= 0.3 is 0 Å². The number of amides is 1. The highest BCUT2D eigenvalue weighted by Gasteiger charge is 2.29. The van der Waals surface area contributed by atoms with Crippen LogP contribution in [0, 0.1) is 11.8 Å². The van der Waals surface area contributed by atoms with Crippen LogP contribution in [0.3, 0.4) is 0 Å². The molecule has 122 valence electrons. The molecule has 0 aromatic heterocycles. The quantitative estimate of drug-likeness (QED) is 0.810. The summed E-state index contributed by atoms with van der Waals surface area (Å²) in [5, 5.41) is 6.34. The molecule has 1 amide bonds. The fourth-order valence-electron chi connectivity index (χ4n) is 2.95. The zero-order valence-electron chi connectivity index (χ0n) is 14.1. The maximum absolute atomic E-state index is 12.2. The average Bonchev–Trinajstić information content (AvgIpc) is 2.97. The van der Waals surface area contributed by atoms with Gasteiger partial charge in [-0.2, -0.15) is 0 Å². The molecule has 1 aliphatic rings. The number of hydrogen-bond acceptors (Lipinski definition) is 3. The fourth-order valence-corrected chi connectivity index (χ4v) is 2.95. The van der Waals surface area contributed by atoms with Crippen molar-refractivity contribution >= 4 is 5.91 Å². The van der Waals surface area contributed by atoms with Crippen molar-refractivity contribution < 1.29 is 4.79 Å². The Labute approximate surface area is 134 Å². The normalized spacial score (nSPS) is 21.3. The van der Waals surface area contributed by atoms with Gasteiger partial charge in [-0.25, -0.2) is 0 Å². The minimum Gasteiger partial charge on any atom is -0.352 e. The predicted octanol–water partition coefficient (Wildman–Crippen LogP) is 2.00. The monoisotopic (exact) mass is 303 g/mol. The van der Waals surface area contributed by atoms with Gasteiger partial charge in [-0.3, -0.25) is 9.69 Å². The van der Waals surface area contributed by atoms with Gasteiger partial charge in [0.25, 0.3) is 0 Å². The van der Waals surface area contributed by atoms with Crippen molar-refractivity contribution in [2.45, 2.75) is 33.9 Å². The van der Waals surface area contributed by atoms with E-state index < -0.39 is 0 Å². The number of carbonyl (C=O) groups is 1. The maximum atomic E-state index is 12.2. The summed E-state index contributed by atoms with van der Waals surface area (Å²) in [4.78, 5) is 14.6. The lowest BCUT2D eigenvalue weighted by molar-refractivity contribution is -0.125. The largest absolute Gasteiger partial charge is 0.352 e. The van der Waals surface area contributed by atoms with Gasteiger partial charge in [-0.15, -0.1) is 0 Å². The van der Waals surface area contributed by atoms with Gasteiger partial charge in [0, 0.05) is 19.6 Å². The summed E-state index contributed by atoms with van der Waals surface area (Å²) in [7, 11) is 0. The van der Waals surface area contributed by atoms with Crippen LogP contribution in [0.25, 0.3) is 0 Å². The van der Waals surface area contributed by atoms with E-state index in [1.165, 1.54) is 5.56 Å². The van der Waals surface area contributed by atoms with Gasteiger partial charge in [0.2, 0.25) is 5.91 Å². The van der Waals surface area contributed by atoms with E-state index in [1.807, 2.05) is 0 Å². The Morgan fingerprint density at radius 3 is 2.36 bits per heavy atom. The third-order valence-electron chi connectivity index (χ3n) is 4.64. The first-order valence-corrected chi connectivity index (χ1v) is 8.42. The van der Waals surface area contributed by atoms with Gasteiger partial charge in [-0.1, -0.05) is 45.0 Å². The molecule has 4 heteroatoms. The van der Waals surface area contributed by atoms with Crippen LogP contribution in [0.1, 0.15) is 31.9 Å². The highest BCUT2D eigenvalue weighted by molar-refractivity contribution is 5.79. The Bertz CT molecular complexity index is 468. The Hall–Kier alpha value is -1.39. The highest BCUT2D eigenvalue weighted by Crippen LogP contribution is 2.16. The summed E-state index contributed by atoms with van der Waals surface area (Å²) >= 11 is 0. The van der Waals surface area contributed by atoms with Crippen LogP contribution in [-0.2, 0) is 17.9 Å². The van der Waals surface area contributed by atoms with Crippen LogP contribution in [0.2, 0.25) is 0 Å². The van der Waals surface area contributed by atoms with Crippen LogP contribution in [-0.4, -0.2) is 37.0 Å². The molecule has 1 saturated heterocycles. The molecule has 1 heterocycles. The number of nitrogens with one attached hydrogen (secondary N) is 2. The molecule has 22 heavy (non-hydrogen) atoms. The second kappa shape index (κ2) is 8.30. The molecular formula is C18H29N3O. The van der Waals surface area contributed by atoms with Crippen LogP contribution in [0.15, 0.2) is 24.3 Å². The predicted molar refractivity (Wildman–Crippen MR) is 90.4 cm³/mol. The summed E-state index contributed by atoms with van der Waals surface area (Å²) < 4.78 is 0. The van der Waals surface area contributed by atoms with Gasteiger partial charge in [-0.05, 0) is 36.7 Å². The van der Waals surface area contributed by atoms with Crippen molar-refractivity contribution in [3.8, 4) is 0 Å². The van der Waals surface area contributed by atoms with E-state index in [9.17, 15) is 4.79 Å². The minimum absolute atomic E-state index is 0.113. The molecular weight excluding hydrogens is 274 g/mol. The lowest BCUT2D eigenvalue weighted by atomic mass is 9.97. The fraction of sp³-hybridized carbons (Fsp3) is 0.611. The third-order valence-corrected chi connectivity index (χ3v) is 4.64. The van der Waals surface area contributed by atoms with Gasteiger partial charge < -0.3 is 10.6 Å². The number of carbonyl (C=O) groups excluding carboxylic acids is 1. The molecule has 2 N–H and O–H groups in total. The summed E-state index contributed by atoms with van der Waals surface area (Å²) in [5.41, 5.74) is 2.49. The Balaban J connectivity index is 1.82. The Kier molecular flexibility index (Phi) is 6.40. The summed E-state index contributed by atoms with van der Waals surface area (Å²) in [6, 6.07) is 8.57. The summed E-state index contributed by atoms with van der Waals surface area (Å²) in [6.45, 7) is 12.0. The topological polar surface area (TPSA) is 44.4 Å². The number of hydrogen-bond donors (Lipinski definition) is 2. The molecule has 1 aromatic rings. The number of benzene rings is 1. The van der Waals surface area contributed by atoms with Crippen molar-refractivity contribution in [3.63, 3.8) is 0 Å². The summed E-state index contributed by atoms with van der Waals surface area (Å²) in [6.07, 6.45) is 0. The standard InChI is InChI=1S/C18H29N3O/c1-4-21(5-2)13-16-8-6-15(7-9-16)11-20-18(22)17-12-19-10-14(17)3/h6-9,14,17,19H,4-5,10-13H2,1-3H3,(H,20,22)/t14-,17-/m1/s1. The molecule has 4 nitrogen and oxygen atoms in total. The lowest BCUT2D eigenvalue weighted by Gasteiger charge is -2.18. The maximum Gasteiger partial charge on any atom is 0.224 e.